The molecule has 0 aliphatic carbocycles. The summed E-state index contributed by atoms with van der Waals surface area (Å²) >= 11 is 14.6. The first kappa shape index (κ1) is 24.1. The molecule has 0 unspecified atom stereocenters. The molecule has 0 fully saturated rings. The van der Waals surface area contributed by atoms with Crippen LogP contribution in [0.1, 0.15) is 23.0 Å². The van der Waals surface area contributed by atoms with Gasteiger partial charge in [-0.1, -0.05) is 23.2 Å². The molecular weight excluding hydrogens is 491 g/mol. The molecule has 2 aromatic carbocycles. The van der Waals surface area contributed by atoms with Crippen LogP contribution in [0.25, 0.3) is 0 Å². The third-order valence-corrected chi connectivity index (χ3v) is 6.24. The molecule has 0 spiro atoms. The normalized spacial score (nSPS) is 10.5. The number of carbonyl (C=O) groups excluding carboxylic acids is 3. The fraction of sp³-hybridized carbons (Fsp3) is 0.143. The van der Waals surface area contributed by atoms with Gasteiger partial charge in [-0.15, -0.1) is 23.1 Å². The molecule has 0 bridgehead atoms. The molecular formula is C21H18Cl2N4O3S2. The number of thiazole rings is 1. The minimum Gasteiger partial charge on any atom is -0.326 e. The maximum Gasteiger partial charge on any atom is 0.258 e. The summed E-state index contributed by atoms with van der Waals surface area (Å²) in [6.07, 6.45) is 0. The second kappa shape index (κ2) is 11.3. The minimum atomic E-state index is -0.371. The zero-order valence-electron chi connectivity index (χ0n) is 16.8. The number of nitrogens with zero attached hydrogens (tertiary/aromatic N) is 1. The van der Waals surface area contributed by atoms with E-state index in [9.17, 15) is 14.4 Å². The van der Waals surface area contributed by atoms with Crippen LogP contribution in [0.15, 0.2) is 47.8 Å². The van der Waals surface area contributed by atoms with Gasteiger partial charge in [0.15, 0.2) is 5.13 Å². The smallest absolute Gasteiger partial charge is 0.258 e. The molecule has 1 heterocycles. The summed E-state index contributed by atoms with van der Waals surface area (Å²) in [5, 5.41) is 11.2. The van der Waals surface area contributed by atoms with E-state index in [0.29, 0.717) is 32.8 Å². The van der Waals surface area contributed by atoms with Gasteiger partial charge >= 0.3 is 0 Å². The number of hydrogen-bond donors (Lipinski definition) is 3. The molecule has 0 aliphatic rings. The van der Waals surface area contributed by atoms with Crippen molar-refractivity contribution in [1.29, 1.82) is 0 Å². The van der Waals surface area contributed by atoms with E-state index in [-0.39, 0.29) is 28.5 Å². The second-order valence-electron chi connectivity index (χ2n) is 6.52. The maximum atomic E-state index is 12.4. The Kier molecular flexibility index (Phi) is 8.52. The molecule has 3 aromatic rings. The molecule has 0 saturated heterocycles. The van der Waals surface area contributed by atoms with E-state index in [1.54, 1.807) is 36.4 Å². The number of benzene rings is 2. The SMILES string of the molecule is CC(=O)Nc1ccc(NC(=O)CSCc2csc(NC(=O)c3ccc(Cl)cc3Cl)n2)cc1. The van der Waals surface area contributed by atoms with Crippen LogP contribution < -0.4 is 16.0 Å². The zero-order valence-corrected chi connectivity index (χ0v) is 19.9. The number of aromatic nitrogens is 1. The van der Waals surface area contributed by atoms with E-state index < -0.39 is 0 Å². The molecule has 0 radical (unpaired) electrons. The number of amides is 3. The third kappa shape index (κ3) is 7.23. The molecule has 32 heavy (non-hydrogen) atoms. The Balaban J connectivity index is 1.44. The van der Waals surface area contributed by atoms with Crippen molar-refractivity contribution < 1.29 is 14.4 Å². The van der Waals surface area contributed by atoms with Gasteiger partial charge in [0.2, 0.25) is 11.8 Å². The Bertz CT molecular complexity index is 1140. The number of rotatable bonds is 8. The highest BCUT2D eigenvalue weighted by Crippen LogP contribution is 2.24. The summed E-state index contributed by atoms with van der Waals surface area (Å²) in [7, 11) is 0. The summed E-state index contributed by atoms with van der Waals surface area (Å²) in [4.78, 5) is 39.9. The molecule has 0 aliphatic heterocycles. The summed E-state index contributed by atoms with van der Waals surface area (Å²) in [5.41, 5.74) is 2.37. The highest BCUT2D eigenvalue weighted by Gasteiger charge is 2.13. The van der Waals surface area contributed by atoms with Gasteiger partial charge in [0.25, 0.3) is 5.91 Å². The maximum absolute atomic E-state index is 12.4. The minimum absolute atomic E-state index is 0.150. The van der Waals surface area contributed by atoms with Crippen LogP contribution in [0.5, 0.6) is 0 Å². The van der Waals surface area contributed by atoms with Crippen LogP contribution in [-0.2, 0) is 15.3 Å². The van der Waals surface area contributed by atoms with Gasteiger partial charge in [0.05, 0.1) is 22.0 Å². The van der Waals surface area contributed by atoms with Crippen molar-refractivity contribution in [2.75, 3.05) is 21.7 Å². The van der Waals surface area contributed by atoms with Crippen molar-refractivity contribution in [1.82, 2.24) is 4.98 Å². The predicted molar refractivity (Wildman–Crippen MR) is 132 cm³/mol. The van der Waals surface area contributed by atoms with Crippen LogP contribution in [-0.4, -0.2) is 28.5 Å². The Morgan fingerprint density at radius 1 is 1.00 bits per heavy atom. The van der Waals surface area contributed by atoms with E-state index in [1.165, 1.54) is 36.1 Å². The van der Waals surface area contributed by atoms with Crippen molar-refractivity contribution >= 4 is 80.5 Å². The molecule has 3 rings (SSSR count). The molecule has 166 valence electrons. The fourth-order valence-corrected chi connectivity index (χ4v) is 4.58. The summed E-state index contributed by atoms with van der Waals surface area (Å²) in [5.74, 6) is 0.0833. The van der Waals surface area contributed by atoms with Crippen molar-refractivity contribution in [2.24, 2.45) is 0 Å². The van der Waals surface area contributed by atoms with E-state index in [2.05, 4.69) is 20.9 Å². The van der Waals surface area contributed by atoms with Gasteiger partial charge in [-0.25, -0.2) is 4.98 Å². The standard InChI is InChI=1S/C21H18Cl2N4O3S2/c1-12(28)24-14-3-5-15(6-4-14)25-19(29)11-31-9-16-10-32-21(26-16)27-20(30)17-7-2-13(22)8-18(17)23/h2-8,10H,9,11H2,1H3,(H,24,28)(H,25,29)(H,26,27,30). The van der Waals surface area contributed by atoms with E-state index in [1.807, 2.05) is 5.38 Å². The molecule has 3 amide bonds. The number of anilines is 3. The van der Waals surface area contributed by atoms with Gasteiger partial charge in [-0.05, 0) is 42.5 Å². The van der Waals surface area contributed by atoms with Gasteiger partial charge < -0.3 is 10.6 Å². The number of halogens is 2. The summed E-state index contributed by atoms with van der Waals surface area (Å²) in [6.45, 7) is 1.43. The van der Waals surface area contributed by atoms with Crippen LogP contribution in [0.2, 0.25) is 10.0 Å². The molecule has 0 saturated carbocycles. The van der Waals surface area contributed by atoms with Crippen LogP contribution in [0.4, 0.5) is 16.5 Å². The fourth-order valence-electron chi connectivity index (χ4n) is 2.55. The average molecular weight is 509 g/mol. The van der Waals surface area contributed by atoms with Crippen LogP contribution >= 0.6 is 46.3 Å². The predicted octanol–water partition coefficient (Wildman–Crippen LogP) is 5.53. The first-order valence-electron chi connectivity index (χ1n) is 9.26. The molecule has 0 atom stereocenters. The first-order chi connectivity index (χ1) is 15.3. The van der Waals surface area contributed by atoms with Crippen LogP contribution in [0.3, 0.4) is 0 Å². The Morgan fingerprint density at radius 3 is 2.34 bits per heavy atom. The van der Waals surface area contributed by atoms with E-state index >= 15 is 0 Å². The first-order valence-corrected chi connectivity index (χ1v) is 12.1. The van der Waals surface area contributed by atoms with E-state index in [0.717, 1.165) is 5.69 Å². The number of hydrogen-bond acceptors (Lipinski definition) is 6. The van der Waals surface area contributed by atoms with Gasteiger partial charge in [0, 0.05) is 34.5 Å². The lowest BCUT2D eigenvalue weighted by Crippen LogP contribution is -2.14. The molecule has 11 heteroatoms. The van der Waals surface area contributed by atoms with Gasteiger partial charge in [-0.3, -0.25) is 19.7 Å². The lowest BCUT2D eigenvalue weighted by Gasteiger charge is -2.06. The van der Waals surface area contributed by atoms with Crippen molar-refractivity contribution in [3.05, 3.63) is 69.1 Å². The topological polar surface area (TPSA) is 100 Å². The largest absolute Gasteiger partial charge is 0.326 e. The number of thioether (sulfide) groups is 1. The molecule has 7 nitrogen and oxygen atoms in total. The Hall–Kier alpha value is -2.59. The summed E-state index contributed by atoms with van der Waals surface area (Å²) < 4.78 is 0. The Morgan fingerprint density at radius 2 is 1.69 bits per heavy atom. The van der Waals surface area contributed by atoms with Crippen molar-refractivity contribution in [3.8, 4) is 0 Å². The highest BCUT2D eigenvalue weighted by molar-refractivity contribution is 7.99. The average Bonchev–Trinajstić information content (AvgIpc) is 3.16. The van der Waals surface area contributed by atoms with Gasteiger partial charge in [-0.2, -0.15) is 0 Å². The second-order valence-corrected chi connectivity index (χ2v) is 9.21. The number of nitrogens with one attached hydrogen (secondary N) is 3. The molecule has 1 aromatic heterocycles. The van der Waals surface area contributed by atoms with E-state index in [4.69, 9.17) is 23.2 Å². The van der Waals surface area contributed by atoms with Crippen molar-refractivity contribution in [3.63, 3.8) is 0 Å². The zero-order chi connectivity index (χ0) is 23.1. The monoisotopic (exact) mass is 508 g/mol. The number of carbonyl (C=O) groups is 3. The van der Waals surface area contributed by atoms with Crippen LogP contribution in [0, 0.1) is 0 Å². The quantitative estimate of drug-likeness (QED) is 0.371. The summed E-state index contributed by atoms with van der Waals surface area (Å²) in [6, 6.07) is 11.5. The van der Waals surface area contributed by atoms with Crippen molar-refractivity contribution in [2.45, 2.75) is 12.7 Å². The lowest BCUT2D eigenvalue weighted by atomic mass is 10.2. The Labute approximate surface area is 202 Å². The third-order valence-electron chi connectivity index (χ3n) is 3.92. The van der Waals surface area contributed by atoms with Gasteiger partial charge in [0.1, 0.15) is 0 Å². The lowest BCUT2D eigenvalue weighted by molar-refractivity contribution is -0.114. The highest BCUT2D eigenvalue weighted by atomic mass is 35.5. The molecule has 3 N–H and O–H groups in total.